The van der Waals surface area contributed by atoms with Gasteiger partial charge in [0, 0.05) is 5.02 Å². The third kappa shape index (κ3) is 4.57. The summed E-state index contributed by atoms with van der Waals surface area (Å²) in [5.41, 5.74) is 1.64. The normalized spacial score (nSPS) is 19.2. The predicted molar refractivity (Wildman–Crippen MR) is 124 cm³/mol. The highest BCUT2D eigenvalue weighted by atomic mass is 35.5. The van der Waals surface area contributed by atoms with Crippen molar-refractivity contribution >= 4 is 27.6 Å². The molecule has 0 aromatic heterocycles. The van der Waals surface area contributed by atoms with Crippen LogP contribution in [0, 0.1) is 12.7 Å². The summed E-state index contributed by atoms with van der Waals surface area (Å²) in [5, 5.41) is 10.3. The highest BCUT2D eigenvalue weighted by molar-refractivity contribution is 7.89. The standard InChI is InChI=1S/C25H21ClFNO4S/c1-16-8-10-21(11-9-16)33(31,32)28-23(17-4-3-7-20(27)15-17)13-12-22(25(29)30)24(28)18-5-2-6-19(26)14-18/h2-12,14-15,23-24H,13H2,1H3,(H,29,30)/t23-,24-/m0/s1. The van der Waals surface area contributed by atoms with E-state index in [4.69, 9.17) is 11.6 Å². The Morgan fingerprint density at radius 3 is 2.33 bits per heavy atom. The summed E-state index contributed by atoms with van der Waals surface area (Å²) in [6, 6.07) is 16.5. The topological polar surface area (TPSA) is 74.7 Å². The van der Waals surface area contributed by atoms with Gasteiger partial charge in [-0.25, -0.2) is 17.6 Å². The third-order valence-corrected chi connectivity index (χ3v) is 7.78. The largest absolute Gasteiger partial charge is 0.478 e. The quantitative estimate of drug-likeness (QED) is 0.505. The molecule has 3 aromatic rings. The monoisotopic (exact) mass is 485 g/mol. The van der Waals surface area contributed by atoms with Crippen LogP contribution in [-0.4, -0.2) is 23.8 Å². The molecule has 1 heterocycles. The Bertz CT molecular complexity index is 1340. The number of carboxylic acid groups (broad SMARTS) is 1. The van der Waals surface area contributed by atoms with Gasteiger partial charge in [0.15, 0.2) is 0 Å². The summed E-state index contributed by atoms with van der Waals surface area (Å²) in [5.74, 6) is -1.74. The zero-order chi connectivity index (χ0) is 23.8. The van der Waals surface area contributed by atoms with Crippen molar-refractivity contribution in [3.63, 3.8) is 0 Å². The van der Waals surface area contributed by atoms with Gasteiger partial charge >= 0.3 is 5.97 Å². The fourth-order valence-electron chi connectivity index (χ4n) is 4.11. The molecule has 0 spiro atoms. The minimum absolute atomic E-state index is 0.0215. The molecule has 0 saturated carbocycles. The average molecular weight is 486 g/mol. The maximum atomic E-state index is 14.1. The minimum atomic E-state index is -4.20. The van der Waals surface area contributed by atoms with Crippen molar-refractivity contribution in [3.05, 3.63) is 112 Å². The van der Waals surface area contributed by atoms with Crippen LogP contribution >= 0.6 is 11.6 Å². The Morgan fingerprint density at radius 2 is 1.70 bits per heavy atom. The fraction of sp³-hybridized carbons (Fsp3) is 0.160. The molecule has 0 fully saturated rings. The van der Waals surface area contributed by atoms with Gasteiger partial charge in [0.2, 0.25) is 10.0 Å². The molecule has 0 radical (unpaired) electrons. The van der Waals surface area contributed by atoms with E-state index in [9.17, 15) is 22.7 Å². The molecular formula is C25H21ClFNO4S. The minimum Gasteiger partial charge on any atom is -0.478 e. The average Bonchev–Trinajstić information content (AvgIpc) is 2.78. The van der Waals surface area contributed by atoms with E-state index in [0.717, 1.165) is 5.56 Å². The van der Waals surface area contributed by atoms with Gasteiger partial charge in [-0.15, -0.1) is 0 Å². The van der Waals surface area contributed by atoms with E-state index in [2.05, 4.69) is 0 Å². The van der Waals surface area contributed by atoms with Crippen molar-refractivity contribution in [1.29, 1.82) is 0 Å². The number of sulfonamides is 1. The van der Waals surface area contributed by atoms with Gasteiger partial charge in [-0.05, 0) is 60.9 Å². The Kier molecular flexibility index (Phi) is 6.38. The second-order valence-electron chi connectivity index (χ2n) is 7.88. The molecule has 1 aliphatic rings. The molecule has 5 nitrogen and oxygen atoms in total. The number of aliphatic carboxylic acids is 1. The molecule has 8 heteroatoms. The van der Waals surface area contributed by atoms with E-state index in [1.54, 1.807) is 42.5 Å². The van der Waals surface area contributed by atoms with E-state index in [1.807, 2.05) is 6.92 Å². The number of hydrogen-bond acceptors (Lipinski definition) is 3. The lowest BCUT2D eigenvalue weighted by Gasteiger charge is -2.40. The van der Waals surface area contributed by atoms with E-state index in [1.165, 1.54) is 40.7 Å². The molecule has 0 amide bonds. The van der Waals surface area contributed by atoms with Gasteiger partial charge < -0.3 is 5.11 Å². The first-order chi connectivity index (χ1) is 15.7. The van der Waals surface area contributed by atoms with Gasteiger partial charge in [-0.1, -0.05) is 59.6 Å². The number of halogens is 2. The Balaban J connectivity index is 1.98. The molecule has 33 heavy (non-hydrogen) atoms. The molecule has 1 aliphatic heterocycles. The first-order valence-corrected chi connectivity index (χ1v) is 12.0. The summed E-state index contributed by atoms with van der Waals surface area (Å²) >= 11 is 6.18. The number of carbonyl (C=O) groups is 1. The maximum Gasteiger partial charge on any atom is 0.333 e. The van der Waals surface area contributed by atoms with Gasteiger partial charge in [0.25, 0.3) is 0 Å². The van der Waals surface area contributed by atoms with E-state index >= 15 is 0 Å². The molecule has 0 bridgehead atoms. The van der Waals surface area contributed by atoms with Gasteiger partial charge in [-0.2, -0.15) is 4.31 Å². The number of hydrogen-bond donors (Lipinski definition) is 1. The molecule has 1 N–H and O–H groups in total. The van der Waals surface area contributed by atoms with Crippen LogP contribution in [0.2, 0.25) is 5.02 Å². The summed E-state index contributed by atoms with van der Waals surface area (Å²) < 4.78 is 43.2. The summed E-state index contributed by atoms with van der Waals surface area (Å²) in [7, 11) is -4.20. The lowest BCUT2D eigenvalue weighted by Crippen LogP contribution is -2.42. The Hall–Kier alpha value is -3.00. The molecule has 0 saturated heterocycles. The van der Waals surface area contributed by atoms with Crippen molar-refractivity contribution < 1.29 is 22.7 Å². The van der Waals surface area contributed by atoms with Crippen molar-refractivity contribution in [1.82, 2.24) is 4.31 Å². The predicted octanol–water partition coefficient (Wildman–Crippen LogP) is 5.68. The van der Waals surface area contributed by atoms with Gasteiger partial charge in [-0.3, -0.25) is 0 Å². The molecule has 0 unspecified atom stereocenters. The van der Waals surface area contributed by atoms with Crippen LogP contribution in [0.15, 0.2) is 89.3 Å². The zero-order valence-electron chi connectivity index (χ0n) is 17.7. The van der Waals surface area contributed by atoms with Crippen LogP contribution in [-0.2, 0) is 14.8 Å². The van der Waals surface area contributed by atoms with Gasteiger partial charge in [0.1, 0.15) is 5.82 Å². The van der Waals surface area contributed by atoms with Crippen LogP contribution < -0.4 is 0 Å². The second kappa shape index (κ2) is 9.09. The maximum absolute atomic E-state index is 14.1. The van der Waals surface area contributed by atoms with Crippen LogP contribution in [0.25, 0.3) is 0 Å². The number of nitrogens with zero attached hydrogens (tertiary/aromatic N) is 1. The number of rotatable bonds is 5. The molecule has 0 aliphatic carbocycles. The van der Waals surface area contributed by atoms with E-state index in [0.29, 0.717) is 16.1 Å². The number of benzene rings is 3. The highest BCUT2D eigenvalue weighted by Crippen LogP contribution is 2.46. The molecule has 4 rings (SSSR count). The van der Waals surface area contributed by atoms with Crippen LogP contribution in [0.5, 0.6) is 0 Å². The van der Waals surface area contributed by atoms with Crippen LogP contribution in [0.4, 0.5) is 4.39 Å². The summed E-state index contributed by atoms with van der Waals surface area (Å²) in [4.78, 5) is 12.2. The smallest absolute Gasteiger partial charge is 0.333 e. The zero-order valence-corrected chi connectivity index (χ0v) is 19.2. The number of aryl methyl sites for hydroxylation is 1. The molecule has 170 valence electrons. The number of carboxylic acids is 1. The second-order valence-corrected chi connectivity index (χ2v) is 10.2. The van der Waals surface area contributed by atoms with Crippen molar-refractivity contribution in [2.45, 2.75) is 30.3 Å². The summed E-state index contributed by atoms with van der Waals surface area (Å²) in [6.07, 6.45) is 1.58. The van der Waals surface area contributed by atoms with Crippen LogP contribution in [0.3, 0.4) is 0 Å². The van der Waals surface area contributed by atoms with Crippen molar-refractivity contribution in [3.8, 4) is 0 Å². The lowest BCUT2D eigenvalue weighted by molar-refractivity contribution is -0.133. The van der Waals surface area contributed by atoms with E-state index in [-0.39, 0.29) is 16.9 Å². The first kappa shape index (κ1) is 23.2. The Morgan fingerprint density at radius 1 is 1.03 bits per heavy atom. The molecule has 3 aromatic carbocycles. The SMILES string of the molecule is Cc1ccc(S(=O)(=O)N2[C@@H](c3cccc(Cl)c3)C(C(=O)O)=CC[C@H]2c2cccc(F)c2)cc1. The highest BCUT2D eigenvalue weighted by Gasteiger charge is 2.44. The van der Waals surface area contributed by atoms with Crippen molar-refractivity contribution in [2.75, 3.05) is 0 Å². The van der Waals surface area contributed by atoms with Crippen LogP contribution in [0.1, 0.15) is 35.2 Å². The third-order valence-electron chi connectivity index (χ3n) is 5.66. The molecular weight excluding hydrogens is 465 g/mol. The van der Waals surface area contributed by atoms with Crippen molar-refractivity contribution in [2.24, 2.45) is 0 Å². The summed E-state index contributed by atoms with van der Waals surface area (Å²) in [6.45, 7) is 1.84. The lowest BCUT2D eigenvalue weighted by atomic mass is 9.89. The molecule has 2 atom stereocenters. The Labute approximate surface area is 196 Å². The fourth-order valence-corrected chi connectivity index (χ4v) is 6.09. The first-order valence-electron chi connectivity index (χ1n) is 10.2. The van der Waals surface area contributed by atoms with Gasteiger partial charge in [0.05, 0.1) is 22.6 Å². The van der Waals surface area contributed by atoms with E-state index < -0.39 is 33.9 Å².